The zero-order valence-corrected chi connectivity index (χ0v) is 18.0. The number of nitrogens with zero attached hydrogens (tertiary/aromatic N) is 1. The summed E-state index contributed by atoms with van der Waals surface area (Å²) in [5.74, 6) is -0.696. The monoisotopic (exact) mass is 429 g/mol. The average molecular weight is 429 g/mol. The van der Waals surface area contributed by atoms with Crippen molar-refractivity contribution in [3.05, 3.63) is 95.1 Å². The molecule has 0 bridgehead atoms. The zero-order chi connectivity index (χ0) is 22.8. The molecule has 1 fully saturated rings. The number of hydrogen-bond donors (Lipinski definition) is 1. The largest absolute Gasteiger partial charge is 0.507 e. The summed E-state index contributed by atoms with van der Waals surface area (Å²) < 4.78 is 10.9. The molecule has 0 radical (unpaired) electrons. The fourth-order valence-corrected chi connectivity index (χ4v) is 3.89. The van der Waals surface area contributed by atoms with Crippen LogP contribution in [0.5, 0.6) is 11.5 Å². The molecule has 4 rings (SSSR count). The van der Waals surface area contributed by atoms with Crippen molar-refractivity contribution in [2.45, 2.75) is 13.0 Å². The molecule has 0 aromatic heterocycles. The molecule has 1 amide bonds. The van der Waals surface area contributed by atoms with Crippen LogP contribution < -0.4 is 14.4 Å². The molecule has 0 aliphatic carbocycles. The van der Waals surface area contributed by atoms with E-state index < -0.39 is 17.7 Å². The summed E-state index contributed by atoms with van der Waals surface area (Å²) >= 11 is 0. The summed E-state index contributed by atoms with van der Waals surface area (Å²) in [6.07, 6.45) is 0. The Bertz CT molecular complexity index is 1200. The van der Waals surface area contributed by atoms with E-state index in [2.05, 4.69) is 0 Å². The van der Waals surface area contributed by atoms with Crippen molar-refractivity contribution < 1.29 is 24.2 Å². The molecule has 1 heterocycles. The van der Waals surface area contributed by atoms with Crippen molar-refractivity contribution in [3.8, 4) is 11.5 Å². The third-order valence-electron chi connectivity index (χ3n) is 5.54. The van der Waals surface area contributed by atoms with Gasteiger partial charge in [0, 0.05) is 22.9 Å². The van der Waals surface area contributed by atoms with Gasteiger partial charge in [0.05, 0.1) is 25.8 Å². The van der Waals surface area contributed by atoms with E-state index in [1.165, 1.54) is 12.0 Å². The van der Waals surface area contributed by atoms with Crippen LogP contribution in [0.1, 0.15) is 22.7 Å². The zero-order valence-electron chi connectivity index (χ0n) is 18.0. The number of Topliss-reactive ketones (excluding diaryl/α,β-unsaturated/α-hetero) is 1. The number of hydrogen-bond acceptors (Lipinski definition) is 5. The molecule has 1 saturated heterocycles. The van der Waals surface area contributed by atoms with E-state index >= 15 is 0 Å². The number of carbonyl (C=O) groups excluding carboxylic acids is 2. The summed E-state index contributed by atoms with van der Waals surface area (Å²) in [5, 5.41) is 11.1. The Morgan fingerprint density at radius 2 is 1.59 bits per heavy atom. The second-order valence-electron chi connectivity index (χ2n) is 7.48. The molecule has 1 aliphatic rings. The number of carbonyl (C=O) groups is 2. The van der Waals surface area contributed by atoms with Gasteiger partial charge in [0.2, 0.25) is 0 Å². The van der Waals surface area contributed by atoms with Crippen molar-refractivity contribution in [3.63, 3.8) is 0 Å². The van der Waals surface area contributed by atoms with E-state index in [4.69, 9.17) is 9.47 Å². The van der Waals surface area contributed by atoms with E-state index in [0.29, 0.717) is 28.3 Å². The summed E-state index contributed by atoms with van der Waals surface area (Å²) in [5.41, 5.74) is 2.59. The second kappa shape index (κ2) is 8.59. The Balaban J connectivity index is 1.99. The average Bonchev–Trinajstić information content (AvgIpc) is 3.09. The lowest BCUT2D eigenvalue weighted by molar-refractivity contribution is -0.132. The fourth-order valence-electron chi connectivity index (χ4n) is 3.89. The van der Waals surface area contributed by atoms with Crippen LogP contribution in [0.4, 0.5) is 5.69 Å². The molecule has 3 aromatic rings. The first kappa shape index (κ1) is 21.2. The lowest BCUT2D eigenvalue weighted by Crippen LogP contribution is -2.29. The first-order valence-corrected chi connectivity index (χ1v) is 10.1. The number of aliphatic hydroxyl groups is 1. The molecule has 32 heavy (non-hydrogen) atoms. The van der Waals surface area contributed by atoms with E-state index in [0.717, 1.165) is 5.56 Å². The SMILES string of the molecule is COc1ccc(C2/C(=C(\O)c3ccccc3)C(=O)C(=O)N2c2ccc(C)cc2)c(OC)c1. The van der Waals surface area contributed by atoms with Crippen molar-refractivity contribution >= 4 is 23.1 Å². The van der Waals surface area contributed by atoms with Gasteiger partial charge in [0.25, 0.3) is 11.7 Å². The van der Waals surface area contributed by atoms with Crippen LogP contribution in [-0.2, 0) is 9.59 Å². The summed E-state index contributed by atoms with van der Waals surface area (Å²) in [6.45, 7) is 1.94. The Labute approximate surface area is 186 Å². The molecule has 0 spiro atoms. The van der Waals surface area contributed by atoms with Gasteiger partial charge in [-0.2, -0.15) is 0 Å². The van der Waals surface area contributed by atoms with E-state index in [9.17, 15) is 14.7 Å². The summed E-state index contributed by atoms with van der Waals surface area (Å²) in [7, 11) is 3.05. The Kier molecular flexibility index (Phi) is 5.69. The van der Waals surface area contributed by atoms with Gasteiger partial charge in [-0.05, 0) is 31.2 Å². The van der Waals surface area contributed by atoms with Gasteiger partial charge in [0.15, 0.2) is 0 Å². The molecule has 3 aromatic carbocycles. The number of aryl methyl sites for hydroxylation is 1. The fraction of sp³-hybridized carbons (Fsp3) is 0.154. The van der Waals surface area contributed by atoms with Crippen LogP contribution >= 0.6 is 0 Å². The second-order valence-corrected chi connectivity index (χ2v) is 7.48. The number of methoxy groups -OCH3 is 2. The molecule has 1 aliphatic heterocycles. The molecule has 6 nitrogen and oxygen atoms in total. The number of rotatable bonds is 5. The van der Waals surface area contributed by atoms with E-state index in [1.54, 1.807) is 61.7 Å². The minimum absolute atomic E-state index is 0.00485. The van der Waals surface area contributed by atoms with Gasteiger partial charge in [-0.25, -0.2) is 0 Å². The van der Waals surface area contributed by atoms with Crippen molar-refractivity contribution in [1.29, 1.82) is 0 Å². The van der Waals surface area contributed by atoms with Crippen molar-refractivity contribution in [1.82, 2.24) is 0 Å². The molecular formula is C26H23NO5. The van der Waals surface area contributed by atoms with Crippen LogP contribution in [-0.4, -0.2) is 31.0 Å². The highest BCUT2D eigenvalue weighted by Gasteiger charge is 2.48. The molecule has 1 N–H and O–H groups in total. The lowest BCUT2D eigenvalue weighted by atomic mass is 9.94. The van der Waals surface area contributed by atoms with Gasteiger partial charge < -0.3 is 14.6 Å². The molecule has 6 heteroatoms. The number of amides is 1. The topological polar surface area (TPSA) is 76.1 Å². The minimum atomic E-state index is -0.876. The predicted octanol–water partition coefficient (Wildman–Crippen LogP) is 4.64. The van der Waals surface area contributed by atoms with Gasteiger partial charge in [-0.3, -0.25) is 14.5 Å². The van der Waals surface area contributed by atoms with Gasteiger partial charge in [0.1, 0.15) is 17.3 Å². The molecule has 162 valence electrons. The van der Waals surface area contributed by atoms with Crippen molar-refractivity contribution in [2.24, 2.45) is 0 Å². The maximum absolute atomic E-state index is 13.2. The lowest BCUT2D eigenvalue weighted by Gasteiger charge is -2.27. The number of anilines is 1. The highest BCUT2D eigenvalue weighted by molar-refractivity contribution is 6.51. The highest BCUT2D eigenvalue weighted by atomic mass is 16.5. The first-order valence-electron chi connectivity index (χ1n) is 10.1. The maximum atomic E-state index is 13.2. The van der Waals surface area contributed by atoms with E-state index in [1.807, 2.05) is 25.1 Å². The Morgan fingerprint density at radius 1 is 0.906 bits per heavy atom. The maximum Gasteiger partial charge on any atom is 0.300 e. The standard InChI is InChI=1S/C26H23NO5/c1-16-9-11-18(12-10-16)27-23(20-14-13-19(31-2)15-21(20)32-3)22(25(29)26(27)30)24(28)17-7-5-4-6-8-17/h4-15,23,28H,1-3H3/b24-22+. The van der Waals surface area contributed by atoms with Crippen LogP contribution in [0.25, 0.3) is 5.76 Å². The number of benzene rings is 3. The Morgan fingerprint density at radius 3 is 2.22 bits per heavy atom. The molecular weight excluding hydrogens is 406 g/mol. The minimum Gasteiger partial charge on any atom is -0.507 e. The van der Waals surface area contributed by atoms with Gasteiger partial charge in [-0.15, -0.1) is 0 Å². The Hall–Kier alpha value is -4.06. The first-order chi connectivity index (χ1) is 15.5. The van der Waals surface area contributed by atoms with E-state index in [-0.39, 0.29) is 11.3 Å². The van der Waals surface area contributed by atoms with Gasteiger partial charge >= 0.3 is 0 Å². The summed E-state index contributed by atoms with van der Waals surface area (Å²) in [6, 6.07) is 20.3. The van der Waals surface area contributed by atoms with Crippen LogP contribution in [0.2, 0.25) is 0 Å². The quantitative estimate of drug-likeness (QED) is 0.363. The van der Waals surface area contributed by atoms with Crippen molar-refractivity contribution in [2.75, 3.05) is 19.1 Å². The number of ether oxygens (including phenoxy) is 2. The number of ketones is 1. The smallest absolute Gasteiger partial charge is 0.300 e. The highest BCUT2D eigenvalue weighted by Crippen LogP contribution is 2.45. The van der Waals surface area contributed by atoms with Crippen LogP contribution in [0, 0.1) is 6.92 Å². The van der Waals surface area contributed by atoms with Crippen LogP contribution in [0.15, 0.2) is 78.4 Å². The normalized spacial score (nSPS) is 17.5. The summed E-state index contributed by atoms with van der Waals surface area (Å²) in [4.78, 5) is 27.8. The van der Waals surface area contributed by atoms with Crippen LogP contribution in [0.3, 0.4) is 0 Å². The third kappa shape index (κ3) is 3.60. The molecule has 0 saturated carbocycles. The third-order valence-corrected chi connectivity index (χ3v) is 5.54. The van der Waals surface area contributed by atoms with Gasteiger partial charge in [-0.1, -0.05) is 48.0 Å². The molecule has 1 atom stereocenters. The predicted molar refractivity (Wildman–Crippen MR) is 122 cm³/mol. The molecule has 1 unspecified atom stereocenters. The number of aliphatic hydroxyl groups excluding tert-OH is 1.